The molecule has 6 heteroatoms. The average molecular weight is 356 g/mol. The molecule has 0 saturated carbocycles. The zero-order valence-electron chi connectivity index (χ0n) is 10.6. The van der Waals surface area contributed by atoms with Crippen LogP contribution in [0.4, 0.5) is 13.2 Å². The fraction of sp³-hybridized carbons (Fsp3) is 0.636. The third-order valence-electron chi connectivity index (χ3n) is 2.51. The Kier molecular flexibility index (Phi) is 4.43. The number of alkyl halides is 3. The van der Waals surface area contributed by atoms with Crippen molar-refractivity contribution in [2.45, 2.75) is 21.0 Å². The Morgan fingerprint density at radius 3 is 2.35 bits per heavy atom. The van der Waals surface area contributed by atoms with E-state index >= 15 is 0 Å². The van der Waals surface area contributed by atoms with Crippen molar-refractivity contribution in [3.63, 3.8) is 0 Å². The summed E-state index contributed by atoms with van der Waals surface area (Å²) >= 11 is -2.56. The van der Waals surface area contributed by atoms with Gasteiger partial charge in [0.2, 0.25) is 0 Å². The second kappa shape index (κ2) is 5.12. The number of rotatable bonds is 3. The molecule has 0 spiro atoms. The summed E-state index contributed by atoms with van der Waals surface area (Å²) in [4.78, 5) is 7.73. The second-order valence-corrected chi connectivity index (χ2v) is 19.4. The van der Waals surface area contributed by atoms with Gasteiger partial charge in [0.05, 0.1) is 0 Å². The summed E-state index contributed by atoms with van der Waals surface area (Å²) in [6, 6.07) is 0. The average Bonchev–Trinajstić information content (AvgIpc) is 2.14. The molecule has 0 aromatic heterocycles. The molecule has 1 heterocycles. The number of methoxy groups -OCH3 is 1. The first kappa shape index (κ1) is 14.7. The summed E-state index contributed by atoms with van der Waals surface area (Å²) < 4.78 is 43.4. The van der Waals surface area contributed by atoms with Crippen molar-refractivity contribution in [3.8, 4) is 0 Å². The number of hydrogen-bond acceptors (Lipinski definition) is 2. The predicted molar refractivity (Wildman–Crippen MR) is 64.1 cm³/mol. The minimum absolute atomic E-state index is 0.280. The van der Waals surface area contributed by atoms with Crippen molar-refractivity contribution in [2.75, 3.05) is 20.2 Å². The fourth-order valence-corrected chi connectivity index (χ4v) is 6.62. The molecule has 0 amide bonds. The van der Waals surface area contributed by atoms with Gasteiger partial charge in [-0.15, -0.1) is 0 Å². The van der Waals surface area contributed by atoms with E-state index in [2.05, 4.69) is 14.8 Å². The molecule has 0 aliphatic carbocycles. The first-order chi connectivity index (χ1) is 7.63. The van der Waals surface area contributed by atoms with Crippen LogP contribution in [0, 0.1) is 0 Å². The van der Waals surface area contributed by atoms with Gasteiger partial charge in [-0.3, -0.25) is 0 Å². The van der Waals surface area contributed by atoms with Crippen LogP contribution in [0.25, 0.3) is 0 Å². The van der Waals surface area contributed by atoms with Gasteiger partial charge in [0.25, 0.3) is 0 Å². The molecule has 98 valence electrons. The van der Waals surface area contributed by atoms with Gasteiger partial charge in [0.15, 0.2) is 0 Å². The Morgan fingerprint density at radius 1 is 1.35 bits per heavy atom. The van der Waals surface area contributed by atoms with E-state index in [9.17, 15) is 13.2 Å². The standard InChI is InChI=1S/C8H9F3NO.3CH3.Sn/c1-13-7-2-4-12(5-3-7)6-8(9,10)11;;;;/h2-3H,4,6H2,1H3;3*1H3;. The Morgan fingerprint density at radius 2 is 1.94 bits per heavy atom. The molecule has 1 aliphatic heterocycles. The van der Waals surface area contributed by atoms with Crippen LogP contribution < -0.4 is 0 Å². The van der Waals surface area contributed by atoms with E-state index in [0.29, 0.717) is 5.76 Å². The van der Waals surface area contributed by atoms with Crippen LogP contribution in [-0.4, -0.2) is 49.7 Å². The van der Waals surface area contributed by atoms with E-state index in [-0.39, 0.29) is 6.54 Å². The Balaban J connectivity index is 2.95. The Hall–Kier alpha value is -0.331. The van der Waals surface area contributed by atoms with Gasteiger partial charge in [0, 0.05) is 0 Å². The third-order valence-corrected chi connectivity index (χ3v) is 8.21. The number of allylic oxidation sites excluding steroid dienone is 1. The molecule has 0 atom stereocenters. The molecular weight excluding hydrogens is 338 g/mol. The minimum atomic E-state index is -4.16. The molecule has 0 aromatic carbocycles. The maximum absolute atomic E-state index is 12.5. The van der Waals surface area contributed by atoms with E-state index in [1.54, 1.807) is 12.2 Å². The summed E-state index contributed by atoms with van der Waals surface area (Å²) in [5.74, 6) is 0.671. The molecule has 0 bridgehead atoms. The van der Waals surface area contributed by atoms with Crippen LogP contribution in [0.15, 0.2) is 21.6 Å². The molecule has 1 rings (SSSR count). The van der Waals surface area contributed by atoms with E-state index < -0.39 is 31.1 Å². The predicted octanol–water partition coefficient (Wildman–Crippen LogP) is 3.16. The first-order valence-electron chi connectivity index (χ1n) is 5.41. The van der Waals surface area contributed by atoms with Crippen LogP contribution in [0.5, 0.6) is 0 Å². The quantitative estimate of drug-likeness (QED) is 0.721. The maximum atomic E-state index is 12.5. The molecule has 2 nitrogen and oxygen atoms in total. The Labute approximate surface area is 104 Å². The number of halogens is 3. The molecule has 0 aromatic rings. The third kappa shape index (κ3) is 4.44. The van der Waals surface area contributed by atoms with Gasteiger partial charge < -0.3 is 0 Å². The van der Waals surface area contributed by atoms with Crippen LogP contribution in [-0.2, 0) is 4.74 Å². The van der Waals surface area contributed by atoms with Crippen LogP contribution in [0.1, 0.15) is 0 Å². The summed E-state index contributed by atoms with van der Waals surface area (Å²) in [7, 11) is 1.54. The van der Waals surface area contributed by atoms with E-state index in [0.717, 1.165) is 3.71 Å². The van der Waals surface area contributed by atoms with Crippen molar-refractivity contribution in [1.29, 1.82) is 0 Å². The molecule has 1 aliphatic rings. The van der Waals surface area contributed by atoms with Crippen molar-refractivity contribution < 1.29 is 17.9 Å². The fourth-order valence-electron chi connectivity index (χ4n) is 1.78. The van der Waals surface area contributed by atoms with Crippen molar-refractivity contribution >= 4 is 18.4 Å². The topological polar surface area (TPSA) is 12.5 Å². The number of hydrogen-bond donors (Lipinski definition) is 0. The first-order valence-corrected chi connectivity index (χ1v) is 15.4. The van der Waals surface area contributed by atoms with Gasteiger partial charge in [0.1, 0.15) is 0 Å². The normalized spacial score (nSPS) is 17.7. The van der Waals surface area contributed by atoms with E-state index in [1.165, 1.54) is 12.0 Å². The molecule has 0 saturated heterocycles. The molecule has 0 fully saturated rings. The van der Waals surface area contributed by atoms with Gasteiger partial charge in [-0.2, -0.15) is 0 Å². The van der Waals surface area contributed by atoms with Crippen LogP contribution in [0.2, 0.25) is 14.8 Å². The van der Waals surface area contributed by atoms with Gasteiger partial charge in [-0.25, -0.2) is 0 Å². The van der Waals surface area contributed by atoms with E-state index in [1.807, 2.05) is 0 Å². The van der Waals surface area contributed by atoms with Crippen LogP contribution >= 0.6 is 0 Å². The summed E-state index contributed by atoms with van der Waals surface area (Å²) in [5, 5.41) is 0. The van der Waals surface area contributed by atoms with Gasteiger partial charge in [-0.05, 0) is 0 Å². The summed E-state index contributed by atoms with van der Waals surface area (Å²) in [6.45, 7) is -0.594. The molecule has 0 N–H and O–H groups in total. The van der Waals surface area contributed by atoms with E-state index in [4.69, 9.17) is 4.74 Å². The molecule has 0 radical (unpaired) electrons. The van der Waals surface area contributed by atoms with Crippen molar-refractivity contribution in [3.05, 3.63) is 21.6 Å². The van der Waals surface area contributed by atoms with Crippen molar-refractivity contribution in [1.82, 2.24) is 4.90 Å². The molecular formula is C11H18F3NOSn. The SMILES string of the molecule is COC1=CCN(CC(F)(F)F)[C]([Sn]([CH3])([CH3])[CH3])=C1. The summed E-state index contributed by atoms with van der Waals surface area (Å²) in [6.07, 6.45) is -0.702. The number of ether oxygens (including phenoxy) is 1. The van der Waals surface area contributed by atoms with Gasteiger partial charge in [-0.1, -0.05) is 0 Å². The van der Waals surface area contributed by atoms with Crippen molar-refractivity contribution in [2.24, 2.45) is 0 Å². The molecule has 17 heavy (non-hydrogen) atoms. The zero-order chi connectivity index (χ0) is 13.3. The Bertz CT molecular complexity index is 342. The van der Waals surface area contributed by atoms with Crippen LogP contribution in [0.3, 0.4) is 0 Å². The molecule has 0 unspecified atom stereocenters. The summed E-state index contributed by atoms with van der Waals surface area (Å²) in [5.41, 5.74) is 0. The zero-order valence-corrected chi connectivity index (χ0v) is 13.4. The second-order valence-electron chi connectivity index (χ2n) is 5.09. The van der Waals surface area contributed by atoms with Gasteiger partial charge >= 0.3 is 104 Å². The number of nitrogens with zero attached hydrogens (tertiary/aromatic N) is 1. The monoisotopic (exact) mass is 357 g/mol.